The summed E-state index contributed by atoms with van der Waals surface area (Å²) in [4.78, 5) is 36.9. The van der Waals surface area contributed by atoms with E-state index >= 15 is 0 Å². The van der Waals surface area contributed by atoms with Crippen LogP contribution < -0.4 is 10.5 Å². The second-order valence-electron chi connectivity index (χ2n) is 7.52. The second-order valence-corrected chi connectivity index (χ2v) is 8.95. The lowest BCUT2D eigenvalue weighted by Gasteiger charge is -2.12. The molecule has 0 spiro atoms. The van der Waals surface area contributed by atoms with E-state index in [1.165, 1.54) is 31.3 Å². The summed E-state index contributed by atoms with van der Waals surface area (Å²) in [5.74, 6) is -4.13. The Hall–Kier alpha value is -3.93. The van der Waals surface area contributed by atoms with Crippen LogP contribution in [0, 0.1) is 0 Å². The van der Waals surface area contributed by atoms with Gasteiger partial charge in [-0.05, 0) is 41.4 Å². The molecule has 4 aromatic rings. The van der Waals surface area contributed by atoms with Gasteiger partial charge in [-0.3, -0.25) is 4.79 Å². The number of carboxylic acid groups (broad SMARTS) is 2. The van der Waals surface area contributed by atoms with Crippen LogP contribution in [0.15, 0.2) is 41.8 Å². The molecule has 4 rings (SSSR count). The number of carbonyl (C=O) groups is 3. The summed E-state index contributed by atoms with van der Waals surface area (Å²) in [5.41, 5.74) is 6.22. The van der Waals surface area contributed by atoms with Gasteiger partial charge in [-0.15, -0.1) is 5.10 Å². The van der Waals surface area contributed by atoms with Crippen LogP contribution in [0.4, 0.5) is 0 Å². The van der Waals surface area contributed by atoms with Crippen LogP contribution in [0.5, 0.6) is 5.75 Å². The Morgan fingerprint density at radius 2 is 1.83 bits per heavy atom. The van der Waals surface area contributed by atoms with Gasteiger partial charge >= 0.3 is 11.9 Å². The molecule has 0 fully saturated rings. The lowest BCUT2D eigenvalue weighted by Crippen LogP contribution is -2.14. The van der Waals surface area contributed by atoms with E-state index in [9.17, 15) is 24.6 Å². The fraction of sp³-hybridized carbons (Fsp3) is 0.0870. The number of ether oxygens (including phenoxy) is 1. The van der Waals surface area contributed by atoms with Crippen molar-refractivity contribution in [1.29, 1.82) is 0 Å². The van der Waals surface area contributed by atoms with E-state index in [0.29, 0.717) is 21.8 Å². The average molecular weight is 547 g/mol. The molecule has 184 valence electrons. The smallest absolute Gasteiger partial charge is 0.356 e. The molecule has 2 aromatic heterocycles. The van der Waals surface area contributed by atoms with Crippen molar-refractivity contribution in [1.82, 2.24) is 14.2 Å². The number of aromatic carboxylic acids is 2. The minimum atomic E-state index is -1.46. The maximum Gasteiger partial charge on any atom is 0.356 e. The number of carbonyl (C=O) groups excluding carboxylic acids is 1. The van der Waals surface area contributed by atoms with Gasteiger partial charge < -0.3 is 25.3 Å². The summed E-state index contributed by atoms with van der Waals surface area (Å²) in [5, 5.41) is 26.3. The zero-order valence-electron chi connectivity index (χ0n) is 18.4. The van der Waals surface area contributed by atoms with Crippen molar-refractivity contribution >= 4 is 52.6 Å². The van der Waals surface area contributed by atoms with Crippen LogP contribution in [0.3, 0.4) is 0 Å². The van der Waals surface area contributed by atoms with Gasteiger partial charge in [-0.1, -0.05) is 39.8 Å². The van der Waals surface area contributed by atoms with Gasteiger partial charge in [0.15, 0.2) is 11.4 Å². The predicted molar refractivity (Wildman–Crippen MR) is 133 cm³/mol. The Morgan fingerprint density at radius 3 is 2.42 bits per heavy atom. The van der Waals surface area contributed by atoms with Gasteiger partial charge in [0, 0.05) is 29.1 Å². The molecular formula is C23H16Cl2N4O6S. The average Bonchev–Trinajstić information content (AvgIpc) is 3.45. The summed E-state index contributed by atoms with van der Waals surface area (Å²) >= 11 is 13.1. The molecule has 0 unspecified atom stereocenters. The van der Waals surface area contributed by atoms with E-state index in [0.717, 1.165) is 16.1 Å². The molecule has 1 amide bonds. The molecule has 4 N–H and O–H groups in total. The number of nitrogens with two attached hydrogens (primary N) is 1. The van der Waals surface area contributed by atoms with Crippen molar-refractivity contribution in [3.05, 3.63) is 74.2 Å². The first kappa shape index (κ1) is 25.2. The highest BCUT2D eigenvalue weighted by molar-refractivity contribution is 7.03. The lowest BCUT2D eigenvalue weighted by molar-refractivity contribution is 0.0681. The maximum atomic E-state index is 12.4. The van der Waals surface area contributed by atoms with Crippen LogP contribution in [0.2, 0.25) is 10.0 Å². The van der Waals surface area contributed by atoms with Crippen molar-refractivity contribution < 1.29 is 29.3 Å². The summed E-state index contributed by atoms with van der Waals surface area (Å²) in [6, 6.07) is 9.17. The second kappa shape index (κ2) is 9.97. The maximum absolute atomic E-state index is 12.4. The number of rotatable bonds is 8. The number of primary amides is 1. The van der Waals surface area contributed by atoms with Crippen molar-refractivity contribution in [2.45, 2.75) is 6.61 Å². The molecule has 36 heavy (non-hydrogen) atoms. The molecule has 0 radical (unpaired) electrons. The highest BCUT2D eigenvalue weighted by atomic mass is 35.5. The van der Waals surface area contributed by atoms with Crippen LogP contribution in [-0.2, 0) is 13.7 Å². The molecule has 2 heterocycles. The quantitative estimate of drug-likeness (QED) is 0.289. The molecule has 0 aliphatic carbocycles. The number of hydrogen-bond donors (Lipinski definition) is 3. The van der Waals surface area contributed by atoms with E-state index < -0.39 is 34.9 Å². The largest absolute Gasteiger partial charge is 0.485 e. The molecule has 0 saturated heterocycles. The van der Waals surface area contributed by atoms with Gasteiger partial charge in [0.05, 0.1) is 15.7 Å². The monoisotopic (exact) mass is 546 g/mol. The molecule has 0 atom stereocenters. The van der Waals surface area contributed by atoms with Gasteiger partial charge in [0.1, 0.15) is 17.9 Å². The van der Waals surface area contributed by atoms with Crippen LogP contribution in [0.1, 0.15) is 36.8 Å². The van der Waals surface area contributed by atoms with Gasteiger partial charge in [0.2, 0.25) is 5.91 Å². The molecule has 10 nitrogen and oxygen atoms in total. The van der Waals surface area contributed by atoms with E-state index in [1.54, 1.807) is 17.5 Å². The summed E-state index contributed by atoms with van der Waals surface area (Å²) < 4.78 is 10.7. The number of aromatic nitrogens is 3. The molecule has 2 aromatic carbocycles. The number of nitrogens with zero attached hydrogens (tertiary/aromatic N) is 3. The first-order valence-corrected chi connectivity index (χ1v) is 11.7. The predicted octanol–water partition coefficient (Wildman–Crippen LogP) is 4.59. The van der Waals surface area contributed by atoms with Crippen LogP contribution in [0.25, 0.3) is 22.5 Å². The zero-order chi connectivity index (χ0) is 26.1. The first-order chi connectivity index (χ1) is 17.1. The van der Waals surface area contributed by atoms with Gasteiger partial charge in [0.25, 0.3) is 0 Å². The Morgan fingerprint density at radius 1 is 1.08 bits per heavy atom. The zero-order valence-corrected chi connectivity index (χ0v) is 20.7. The van der Waals surface area contributed by atoms with Crippen LogP contribution in [-0.4, -0.2) is 42.2 Å². The van der Waals surface area contributed by atoms with E-state index in [4.69, 9.17) is 33.7 Å². The number of carboxylic acids is 2. The van der Waals surface area contributed by atoms with Crippen molar-refractivity contribution in [2.75, 3.05) is 0 Å². The Labute approximate surface area is 217 Å². The fourth-order valence-corrected chi connectivity index (χ4v) is 4.53. The number of benzene rings is 2. The summed E-state index contributed by atoms with van der Waals surface area (Å²) in [6.07, 6.45) is 0. The topological polar surface area (TPSA) is 158 Å². The summed E-state index contributed by atoms with van der Waals surface area (Å²) in [7, 11) is 1.36. The van der Waals surface area contributed by atoms with E-state index in [2.05, 4.69) is 9.59 Å². The van der Waals surface area contributed by atoms with Crippen LogP contribution >= 0.6 is 34.7 Å². The van der Waals surface area contributed by atoms with Gasteiger partial charge in [-0.25, -0.2) is 9.59 Å². The first-order valence-electron chi connectivity index (χ1n) is 10.1. The number of hydrogen-bond acceptors (Lipinski definition) is 7. The molecule has 13 heteroatoms. The molecule has 0 aliphatic rings. The van der Waals surface area contributed by atoms with E-state index in [1.807, 2.05) is 0 Å². The van der Waals surface area contributed by atoms with Crippen molar-refractivity contribution in [3.8, 4) is 28.3 Å². The summed E-state index contributed by atoms with van der Waals surface area (Å²) in [6.45, 7) is -0.200. The lowest BCUT2D eigenvalue weighted by atomic mass is 9.97. The molecule has 0 aliphatic heterocycles. The third-order valence-corrected chi connectivity index (χ3v) is 6.57. The number of amides is 1. The third kappa shape index (κ3) is 4.63. The normalized spacial score (nSPS) is 10.9. The fourth-order valence-electron chi connectivity index (χ4n) is 3.74. The highest BCUT2D eigenvalue weighted by Gasteiger charge is 2.33. The standard InChI is InChI=1S/C23H16Cl2N4O6S/c1-29-18(13-7-11(16-9-36-28-27-16)3-4-12(13)21(26)30)17(22(31)32)20(19(29)23(33)34)35-8-10-2-5-14(24)15(25)6-10/h2-7,9H,8H2,1H3,(H2,26,30)(H,31,32)(H,33,34). The Kier molecular flexibility index (Phi) is 6.97. The Bertz CT molecular complexity index is 1520. The van der Waals surface area contributed by atoms with Crippen molar-refractivity contribution in [2.24, 2.45) is 12.8 Å². The molecule has 0 bridgehead atoms. The molecule has 0 saturated carbocycles. The highest BCUT2D eigenvalue weighted by Crippen LogP contribution is 2.40. The third-order valence-electron chi connectivity index (χ3n) is 5.33. The SMILES string of the molecule is Cn1c(C(=O)O)c(OCc2ccc(Cl)c(Cl)c2)c(C(=O)O)c1-c1cc(-c2csnn2)ccc1C(N)=O. The number of halogens is 2. The minimum Gasteiger partial charge on any atom is -0.485 e. The minimum absolute atomic E-state index is 0.0157. The van der Waals surface area contributed by atoms with E-state index in [-0.39, 0.29) is 28.5 Å². The molecular weight excluding hydrogens is 531 g/mol. The van der Waals surface area contributed by atoms with Crippen molar-refractivity contribution in [3.63, 3.8) is 0 Å². The van der Waals surface area contributed by atoms with Gasteiger partial charge in [-0.2, -0.15) is 0 Å². The Balaban J connectivity index is 1.94.